The van der Waals surface area contributed by atoms with Crippen LogP contribution >= 0.6 is 0 Å². The first-order valence-electron chi connectivity index (χ1n) is 13.4. The normalized spacial score (nSPS) is 43.7. The molecule has 1 aliphatic heterocycles. The number of hydrogen-bond acceptors (Lipinski definition) is 3. The number of esters is 1. The summed E-state index contributed by atoms with van der Waals surface area (Å²) < 4.78 is 6.70. The minimum atomic E-state index is -0.427. The van der Waals surface area contributed by atoms with Crippen molar-refractivity contribution in [2.24, 2.45) is 34.5 Å². The number of benzene rings is 1. The Balaban J connectivity index is 1.44. The van der Waals surface area contributed by atoms with Crippen LogP contribution in [0.2, 0.25) is 0 Å². The van der Waals surface area contributed by atoms with Crippen LogP contribution in [0.3, 0.4) is 0 Å². The zero-order valence-electron chi connectivity index (χ0n) is 20.2. The van der Waals surface area contributed by atoms with Gasteiger partial charge in [-0.05, 0) is 94.2 Å². The van der Waals surface area contributed by atoms with Crippen LogP contribution in [0.1, 0.15) is 82.6 Å². The van der Waals surface area contributed by atoms with Gasteiger partial charge in [0.05, 0.1) is 5.92 Å². The zero-order valence-corrected chi connectivity index (χ0v) is 20.2. The lowest BCUT2D eigenvalue weighted by atomic mass is 9.37. The van der Waals surface area contributed by atoms with Crippen LogP contribution in [-0.2, 0) is 15.1 Å². The summed E-state index contributed by atoms with van der Waals surface area (Å²) in [5.41, 5.74) is 1.49. The van der Waals surface area contributed by atoms with Crippen LogP contribution in [0, 0.1) is 34.5 Å². The SMILES string of the molecule is CN(C)CC1CC(c2ccccc2)(C23CC4CC(CC(C5CCCCC5)(C4)C2)C3)OC1=O. The molecule has 1 heterocycles. The topological polar surface area (TPSA) is 29.5 Å². The summed E-state index contributed by atoms with van der Waals surface area (Å²) in [6.45, 7) is 0.796. The van der Waals surface area contributed by atoms with E-state index in [1.54, 1.807) is 0 Å². The van der Waals surface area contributed by atoms with Crippen LogP contribution in [-0.4, -0.2) is 31.5 Å². The number of ether oxygens (including phenoxy) is 1. The molecule has 4 unspecified atom stereocenters. The second-order valence-electron chi connectivity index (χ2n) is 12.7. The fraction of sp³-hybridized carbons (Fsp3) is 0.759. The molecule has 7 rings (SSSR count). The smallest absolute Gasteiger partial charge is 0.311 e. The fourth-order valence-electron chi connectivity index (χ4n) is 9.82. The molecule has 0 amide bonds. The molecular weight excluding hydrogens is 394 g/mol. The number of carbonyl (C=O) groups excluding carboxylic acids is 1. The third kappa shape index (κ3) is 3.13. The maximum Gasteiger partial charge on any atom is 0.311 e. The van der Waals surface area contributed by atoms with E-state index in [2.05, 4.69) is 49.3 Å². The molecule has 0 aromatic heterocycles. The van der Waals surface area contributed by atoms with Crippen molar-refractivity contribution in [1.82, 2.24) is 4.90 Å². The molecule has 1 aromatic rings. The quantitative estimate of drug-likeness (QED) is 0.518. The molecule has 5 saturated carbocycles. The Kier molecular flexibility index (Phi) is 5.02. The molecule has 0 N–H and O–H groups in total. The minimum Gasteiger partial charge on any atom is -0.453 e. The highest BCUT2D eigenvalue weighted by Crippen LogP contribution is 2.74. The van der Waals surface area contributed by atoms with Crippen molar-refractivity contribution in [3.05, 3.63) is 35.9 Å². The largest absolute Gasteiger partial charge is 0.453 e. The van der Waals surface area contributed by atoms with Gasteiger partial charge in [-0.2, -0.15) is 0 Å². The molecule has 5 aliphatic carbocycles. The molecule has 0 radical (unpaired) electrons. The van der Waals surface area contributed by atoms with Gasteiger partial charge < -0.3 is 9.64 Å². The number of rotatable bonds is 5. The Morgan fingerprint density at radius 1 is 0.938 bits per heavy atom. The zero-order chi connectivity index (χ0) is 22.0. The van der Waals surface area contributed by atoms with Gasteiger partial charge in [0.25, 0.3) is 0 Å². The van der Waals surface area contributed by atoms with Gasteiger partial charge in [-0.25, -0.2) is 0 Å². The predicted molar refractivity (Wildman–Crippen MR) is 127 cm³/mol. The van der Waals surface area contributed by atoms with Gasteiger partial charge in [-0.1, -0.05) is 49.6 Å². The molecule has 6 aliphatic rings. The van der Waals surface area contributed by atoms with Gasteiger partial charge in [0.2, 0.25) is 0 Å². The Morgan fingerprint density at radius 3 is 2.28 bits per heavy atom. The second-order valence-corrected chi connectivity index (χ2v) is 12.7. The van der Waals surface area contributed by atoms with E-state index in [1.165, 1.54) is 76.2 Å². The predicted octanol–water partition coefficient (Wildman–Crippen LogP) is 6.17. The Hall–Kier alpha value is -1.35. The average Bonchev–Trinajstić information content (AvgIpc) is 3.11. The Morgan fingerprint density at radius 2 is 1.62 bits per heavy atom. The van der Waals surface area contributed by atoms with Crippen LogP contribution < -0.4 is 0 Å². The van der Waals surface area contributed by atoms with E-state index in [0.717, 1.165) is 30.7 Å². The molecule has 3 heteroatoms. The summed E-state index contributed by atoms with van der Waals surface area (Å²) in [5, 5.41) is 0. The van der Waals surface area contributed by atoms with E-state index in [-0.39, 0.29) is 17.3 Å². The maximum atomic E-state index is 13.3. The summed E-state index contributed by atoms with van der Waals surface area (Å²) >= 11 is 0. The van der Waals surface area contributed by atoms with E-state index in [1.807, 2.05) is 0 Å². The average molecular weight is 436 g/mol. The maximum absolute atomic E-state index is 13.3. The lowest BCUT2D eigenvalue weighted by Crippen LogP contribution is -2.61. The molecule has 0 spiro atoms. The minimum absolute atomic E-state index is 0.0103. The molecule has 174 valence electrons. The van der Waals surface area contributed by atoms with Gasteiger partial charge in [0.1, 0.15) is 5.60 Å². The van der Waals surface area contributed by atoms with E-state index in [4.69, 9.17) is 4.74 Å². The van der Waals surface area contributed by atoms with Gasteiger partial charge in [-0.3, -0.25) is 4.79 Å². The van der Waals surface area contributed by atoms with E-state index >= 15 is 0 Å². The fourth-order valence-corrected chi connectivity index (χ4v) is 9.82. The first kappa shape index (κ1) is 21.2. The number of nitrogens with zero attached hydrogens (tertiary/aromatic N) is 1. The van der Waals surface area contributed by atoms with Crippen molar-refractivity contribution in [2.75, 3.05) is 20.6 Å². The lowest BCUT2D eigenvalue weighted by molar-refractivity contribution is -0.227. The van der Waals surface area contributed by atoms with Crippen LogP contribution in [0.4, 0.5) is 0 Å². The van der Waals surface area contributed by atoms with Crippen LogP contribution in [0.25, 0.3) is 0 Å². The summed E-state index contributed by atoms with van der Waals surface area (Å²) in [6, 6.07) is 10.9. The summed E-state index contributed by atoms with van der Waals surface area (Å²) in [6.07, 6.45) is 16.2. The Bertz CT molecular complexity index is 843. The van der Waals surface area contributed by atoms with Crippen molar-refractivity contribution in [2.45, 2.75) is 82.7 Å². The van der Waals surface area contributed by atoms with Crippen molar-refractivity contribution < 1.29 is 9.53 Å². The molecule has 4 bridgehead atoms. The second kappa shape index (κ2) is 7.58. The molecular formula is C29H41NO2. The Labute approximate surface area is 194 Å². The van der Waals surface area contributed by atoms with Gasteiger partial charge in [-0.15, -0.1) is 0 Å². The van der Waals surface area contributed by atoms with Gasteiger partial charge in [0.15, 0.2) is 0 Å². The van der Waals surface area contributed by atoms with Crippen molar-refractivity contribution in [3.63, 3.8) is 0 Å². The summed E-state index contributed by atoms with van der Waals surface area (Å²) in [7, 11) is 4.16. The highest BCUT2D eigenvalue weighted by molar-refractivity contribution is 5.76. The molecule has 3 nitrogen and oxygen atoms in total. The molecule has 1 saturated heterocycles. The van der Waals surface area contributed by atoms with E-state index < -0.39 is 5.60 Å². The third-order valence-corrected chi connectivity index (χ3v) is 10.4. The van der Waals surface area contributed by atoms with Gasteiger partial charge in [0, 0.05) is 18.4 Å². The molecule has 6 fully saturated rings. The summed E-state index contributed by atoms with van der Waals surface area (Å²) in [5.74, 6) is 2.62. The molecule has 1 aromatic carbocycles. The molecule has 4 atom stereocenters. The van der Waals surface area contributed by atoms with E-state index in [0.29, 0.717) is 5.41 Å². The van der Waals surface area contributed by atoms with Crippen LogP contribution in [0.5, 0.6) is 0 Å². The summed E-state index contributed by atoms with van der Waals surface area (Å²) in [4.78, 5) is 15.5. The van der Waals surface area contributed by atoms with Crippen LogP contribution in [0.15, 0.2) is 30.3 Å². The first-order valence-corrected chi connectivity index (χ1v) is 13.4. The van der Waals surface area contributed by atoms with E-state index in [9.17, 15) is 4.79 Å². The number of hydrogen-bond donors (Lipinski definition) is 0. The highest BCUT2D eigenvalue weighted by Gasteiger charge is 2.69. The third-order valence-electron chi connectivity index (χ3n) is 10.4. The van der Waals surface area contributed by atoms with Crippen molar-refractivity contribution >= 4 is 5.97 Å². The van der Waals surface area contributed by atoms with Crippen molar-refractivity contribution in [1.29, 1.82) is 0 Å². The lowest BCUT2D eigenvalue weighted by Gasteiger charge is -2.68. The molecule has 32 heavy (non-hydrogen) atoms. The first-order chi connectivity index (χ1) is 15.4. The van der Waals surface area contributed by atoms with Gasteiger partial charge >= 0.3 is 5.97 Å². The number of carbonyl (C=O) groups is 1. The number of cyclic esters (lactones) is 1. The standard InChI is InChI=1S/C29H41NO2/c1-30(2)19-23-18-29(32-26(23)31,25-11-7-4-8-12-25)28-16-21-13-22(17-28)15-27(14-21,20-28)24-9-5-3-6-10-24/h4,7-8,11-12,21-24H,3,5-6,9-10,13-20H2,1-2H3. The highest BCUT2D eigenvalue weighted by atomic mass is 16.6. The van der Waals surface area contributed by atoms with Crippen molar-refractivity contribution in [3.8, 4) is 0 Å². The monoisotopic (exact) mass is 435 g/mol.